The molecule has 0 aliphatic heterocycles. The van der Waals surface area contributed by atoms with E-state index in [0.717, 1.165) is 0 Å². The minimum absolute atomic E-state index is 0.0120. The molecule has 0 aromatic heterocycles. The van der Waals surface area contributed by atoms with E-state index in [9.17, 15) is 4.79 Å². The van der Waals surface area contributed by atoms with Crippen LogP contribution in [0.2, 0.25) is 0 Å². The fraction of sp³-hybridized carbons (Fsp3) is 0.833. The van der Waals surface area contributed by atoms with Crippen molar-refractivity contribution in [3.8, 4) is 0 Å². The first-order valence-corrected chi connectivity index (χ1v) is 3.02. The van der Waals surface area contributed by atoms with Crippen molar-refractivity contribution in [2.75, 3.05) is 6.61 Å². The summed E-state index contributed by atoms with van der Waals surface area (Å²) in [6.07, 6.45) is 0. The van der Waals surface area contributed by atoms with Crippen LogP contribution in [0.15, 0.2) is 0 Å². The molecule has 3 heteroatoms. The zero-order valence-corrected chi connectivity index (χ0v) is 5.24. The second kappa shape index (κ2) is 1.99. The summed E-state index contributed by atoms with van der Waals surface area (Å²) in [5.41, 5.74) is 0. The Labute approximate surface area is 53.3 Å². The second-order valence-corrected chi connectivity index (χ2v) is 2.57. The minimum atomic E-state index is -0.776. The smallest absolute Gasteiger partial charge is 0.307 e. The second-order valence-electron chi connectivity index (χ2n) is 2.57. The Morgan fingerprint density at radius 2 is 2.22 bits per heavy atom. The number of rotatable bonds is 2. The molecule has 0 heterocycles. The lowest BCUT2D eigenvalue weighted by atomic mass is 10.3. The predicted molar refractivity (Wildman–Crippen MR) is 30.9 cm³/mol. The molecule has 2 N–H and O–H groups in total. The van der Waals surface area contributed by atoms with E-state index >= 15 is 0 Å². The van der Waals surface area contributed by atoms with Gasteiger partial charge in [-0.15, -0.1) is 0 Å². The average Bonchev–Trinajstić information content (AvgIpc) is 2.40. The number of aliphatic hydroxyl groups is 1. The fourth-order valence-corrected chi connectivity index (χ4v) is 1.23. The maximum Gasteiger partial charge on any atom is 0.307 e. The first-order chi connectivity index (χ1) is 4.18. The van der Waals surface area contributed by atoms with Crippen LogP contribution in [0, 0.1) is 17.8 Å². The largest absolute Gasteiger partial charge is 0.481 e. The molecule has 0 spiro atoms. The molecular weight excluding hydrogens is 120 g/mol. The summed E-state index contributed by atoms with van der Waals surface area (Å²) in [6, 6.07) is 0. The summed E-state index contributed by atoms with van der Waals surface area (Å²) in [7, 11) is 0. The molecule has 52 valence electrons. The number of carboxylic acid groups (broad SMARTS) is 1. The summed E-state index contributed by atoms with van der Waals surface area (Å²) >= 11 is 0. The lowest BCUT2D eigenvalue weighted by Gasteiger charge is -1.84. The Morgan fingerprint density at radius 3 is 2.33 bits per heavy atom. The van der Waals surface area contributed by atoms with Gasteiger partial charge < -0.3 is 10.2 Å². The molecule has 0 unspecified atom stereocenters. The van der Waals surface area contributed by atoms with Crippen molar-refractivity contribution < 1.29 is 15.0 Å². The van der Waals surface area contributed by atoms with Crippen molar-refractivity contribution in [3.05, 3.63) is 0 Å². The van der Waals surface area contributed by atoms with Crippen molar-refractivity contribution in [1.29, 1.82) is 0 Å². The maximum atomic E-state index is 10.2. The highest BCUT2D eigenvalue weighted by Gasteiger charge is 2.51. The summed E-state index contributed by atoms with van der Waals surface area (Å²) in [5.74, 6) is -0.869. The lowest BCUT2D eigenvalue weighted by Crippen LogP contribution is -2.01. The van der Waals surface area contributed by atoms with Gasteiger partial charge in [-0.2, -0.15) is 0 Å². The Hall–Kier alpha value is -0.570. The number of hydrogen-bond donors (Lipinski definition) is 2. The van der Waals surface area contributed by atoms with E-state index in [1.807, 2.05) is 6.92 Å². The van der Waals surface area contributed by atoms with Gasteiger partial charge in [-0.25, -0.2) is 0 Å². The van der Waals surface area contributed by atoms with Crippen LogP contribution in [0.3, 0.4) is 0 Å². The Morgan fingerprint density at radius 1 is 1.67 bits per heavy atom. The first-order valence-electron chi connectivity index (χ1n) is 3.02. The molecule has 0 aromatic carbocycles. The topological polar surface area (TPSA) is 57.5 Å². The number of carboxylic acids is 1. The highest BCUT2D eigenvalue weighted by atomic mass is 16.4. The summed E-state index contributed by atoms with van der Waals surface area (Å²) in [5, 5.41) is 16.9. The molecule has 1 aliphatic carbocycles. The first kappa shape index (κ1) is 6.55. The average molecular weight is 130 g/mol. The number of aliphatic carboxylic acids is 1. The van der Waals surface area contributed by atoms with E-state index in [1.54, 1.807) is 0 Å². The number of aliphatic hydroxyl groups excluding tert-OH is 1. The van der Waals surface area contributed by atoms with Crippen LogP contribution >= 0.6 is 0 Å². The van der Waals surface area contributed by atoms with Crippen LogP contribution in [-0.4, -0.2) is 22.8 Å². The monoisotopic (exact) mass is 130 g/mol. The maximum absolute atomic E-state index is 10.2. The third kappa shape index (κ3) is 0.920. The van der Waals surface area contributed by atoms with Crippen LogP contribution in [0.4, 0.5) is 0 Å². The van der Waals surface area contributed by atoms with Crippen LogP contribution in [0.25, 0.3) is 0 Å². The zero-order valence-electron chi connectivity index (χ0n) is 5.24. The van der Waals surface area contributed by atoms with Crippen LogP contribution in [0.5, 0.6) is 0 Å². The third-order valence-corrected chi connectivity index (χ3v) is 2.06. The fourth-order valence-electron chi connectivity index (χ4n) is 1.23. The zero-order chi connectivity index (χ0) is 7.02. The standard InChI is InChI=1S/C6H10O3/c1-3-4(2-7)5(3)6(8)9/h3-5,7H,2H2,1H3,(H,8,9)/t3-,4-,5+/m0/s1. The molecule has 1 fully saturated rings. The molecule has 1 aliphatic rings. The molecule has 0 aromatic rings. The molecule has 0 amide bonds. The number of hydrogen-bond acceptors (Lipinski definition) is 2. The molecule has 1 rings (SSSR count). The van der Waals surface area contributed by atoms with Gasteiger partial charge in [0.15, 0.2) is 0 Å². The summed E-state index contributed by atoms with van der Waals surface area (Å²) in [4.78, 5) is 10.2. The van der Waals surface area contributed by atoms with Crippen molar-refractivity contribution in [3.63, 3.8) is 0 Å². The van der Waals surface area contributed by atoms with Gasteiger partial charge in [-0.05, 0) is 11.8 Å². The molecule has 9 heavy (non-hydrogen) atoms. The van der Waals surface area contributed by atoms with Crippen LogP contribution in [0.1, 0.15) is 6.92 Å². The highest BCUT2D eigenvalue weighted by molar-refractivity contribution is 5.74. The SMILES string of the molecule is C[C@H]1[C@H](CO)[C@@H]1C(=O)O. The van der Waals surface area contributed by atoms with E-state index in [1.165, 1.54) is 0 Å². The molecule has 3 nitrogen and oxygen atoms in total. The van der Waals surface area contributed by atoms with Crippen LogP contribution in [-0.2, 0) is 4.79 Å². The van der Waals surface area contributed by atoms with E-state index in [4.69, 9.17) is 10.2 Å². The van der Waals surface area contributed by atoms with Gasteiger partial charge >= 0.3 is 5.97 Å². The normalized spacial score (nSPS) is 40.4. The van der Waals surface area contributed by atoms with Gasteiger partial charge in [0.25, 0.3) is 0 Å². The Balaban J connectivity index is 2.42. The highest BCUT2D eigenvalue weighted by Crippen LogP contribution is 2.45. The number of carbonyl (C=O) groups is 1. The van der Waals surface area contributed by atoms with Gasteiger partial charge in [-0.3, -0.25) is 4.79 Å². The van der Waals surface area contributed by atoms with Gasteiger partial charge in [-0.1, -0.05) is 6.92 Å². The molecular formula is C6H10O3. The van der Waals surface area contributed by atoms with E-state index in [0.29, 0.717) is 0 Å². The Kier molecular flexibility index (Phi) is 1.45. The Bertz CT molecular complexity index is 132. The molecule has 0 radical (unpaired) electrons. The van der Waals surface area contributed by atoms with Gasteiger partial charge in [0.1, 0.15) is 0 Å². The van der Waals surface area contributed by atoms with Gasteiger partial charge in [0.05, 0.1) is 5.92 Å². The van der Waals surface area contributed by atoms with E-state index in [2.05, 4.69) is 0 Å². The van der Waals surface area contributed by atoms with Crippen LogP contribution < -0.4 is 0 Å². The quantitative estimate of drug-likeness (QED) is 0.550. The third-order valence-electron chi connectivity index (χ3n) is 2.06. The summed E-state index contributed by atoms with van der Waals surface area (Å²) in [6.45, 7) is 1.86. The molecule has 0 bridgehead atoms. The van der Waals surface area contributed by atoms with Gasteiger partial charge in [0, 0.05) is 6.61 Å². The lowest BCUT2D eigenvalue weighted by molar-refractivity contribution is -0.139. The summed E-state index contributed by atoms with van der Waals surface area (Å²) < 4.78 is 0. The van der Waals surface area contributed by atoms with Gasteiger partial charge in [0.2, 0.25) is 0 Å². The van der Waals surface area contributed by atoms with E-state index in [-0.39, 0.29) is 24.4 Å². The van der Waals surface area contributed by atoms with Crippen molar-refractivity contribution >= 4 is 5.97 Å². The van der Waals surface area contributed by atoms with Crippen molar-refractivity contribution in [2.45, 2.75) is 6.92 Å². The van der Waals surface area contributed by atoms with E-state index < -0.39 is 5.97 Å². The predicted octanol–water partition coefficient (Wildman–Crippen LogP) is -0.0546. The molecule has 0 saturated heterocycles. The minimum Gasteiger partial charge on any atom is -0.481 e. The molecule has 1 saturated carbocycles. The van der Waals surface area contributed by atoms with Crippen molar-refractivity contribution in [2.24, 2.45) is 17.8 Å². The van der Waals surface area contributed by atoms with Crippen molar-refractivity contribution in [1.82, 2.24) is 0 Å². The molecule has 3 atom stereocenters.